The van der Waals surface area contributed by atoms with Crippen molar-refractivity contribution in [1.82, 2.24) is 9.46 Å². The molecule has 0 aliphatic carbocycles. The number of aryl methyl sites for hydroxylation is 2. The first kappa shape index (κ1) is 16.7. The monoisotopic (exact) mass is 398 g/mol. The van der Waals surface area contributed by atoms with Gasteiger partial charge in [0.15, 0.2) is 0 Å². The second-order valence-corrected chi connectivity index (χ2v) is 8.49. The Morgan fingerprint density at radius 3 is 2.70 bits per heavy atom. The van der Waals surface area contributed by atoms with Crippen LogP contribution in [0, 0.1) is 6.92 Å². The van der Waals surface area contributed by atoms with Gasteiger partial charge in [0.05, 0.1) is 16.6 Å². The molecule has 1 fully saturated rings. The maximum Gasteiger partial charge on any atom is 0.243 e. The minimum atomic E-state index is -3.53. The Hall–Kier alpha value is -1.18. The van der Waals surface area contributed by atoms with Crippen LogP contribution in [0.4, 0.5) is 0 Å². The lowest BCUT2D eigenvalue weighted by Gasteiger charge is -2.24. The Bertz CT molecular complexity index is 799. The number of hydrogen-bond acceptors (Lipinski definition) is 4. The van der Waals surface area contributed by atoms with E-state index >= 15 is 0 Å². The van der Waals surface area contributed by atoms with Crippen LogP contribution in [0.1, 0.15) is 42.8 Å². The SMILES string of the molecule is CCc1onc(C)c1[C@@H]1CCCN1S(=O)(=O)c1ccc(Br)cc1. The summed E-state index contributed by atoms with van der Waals surface area (Å²) in [6.45, 7) is 4.39. The summed E-state index contributed by atoms with van der Waals surface area (Å²) in [5.74, 6) is 0.783. The lowest BCUT2D eigenvalue weighted by Crippen LogP contribution is -2.31. The Labute approximate surface area is 144 Å². The molecular weight excluding hydrogens is 380 g/mol. The summed E-state index contributed by atoms with van der Waals surface area (Å²) in [4.78, 5) is 0.319. The van der Waals surface area contributed by atoms with Gasteiger partial charge in [-0.3, -0.25) is 0 Å². The number of aromatic nitrogens is 1. The molecule has 3 rings (SSSR count). The van der Waals surface area contributed by atoms with Crippen LogP contribution in [0.3, 0.4) is 0 Å². The van der Waals surface area contributed by atoms with Gasteiger partial charge in [-0.2, -0.15) is 4.31 Å². The van der Waals surface area contributed by atoms with Gasteiger partial charge in [0.2, 0.25) is 10.0 Å². The smallest absolute Gasteiger partial charge is 0.243 e. The van der Waals surface area contributed by atoms with Crippen LogP contribution >= 0.6 is 15.9 Å². The molecule has 2 aromatic rings. The lowest BCUT2D eigenvalue weighted by molar-refractivity contribution is 0.368. The van der Waals surface area contributed by atoms with Crippen LogP contribution in [0.2, 0.25) is 0 Å². The number of rotatable bonds is 4. The zero-order chi connectivity index (χ0) is 16.6. The fourth-order valence-corrected chi connectivity index (χ4v) is 5.09. The average molecular weight is 399 g/mol. The van der Waals surface area contributed by atoms with Gasteiger partial charge in [0.25, 0.3) is 0 Å². The van der Waals surface area contributed by atoms with E-state index in [4.69, 9.17) is 4.52 Å². The van der Waals surface area contributed by atoms with Crippen molar-refractivity contribution in [2.24, 2.45) is 0 Å². The standard InChI is InChI=1S/C16H19BrN2O3S/c1-3-15-16(11(2)18-22-15)14-5-4-10-19(14)23(20,21)13-8-6-12(17)7-9-13/h6-9,14H,3-5,10H2,1-2H3/t14-/m0/s1. The molecule has 0 spiro atoms. The summed E-state index contributed by atoms with van der Waals surface area (Å²) in [5.41, 5.74) is 1.72. The van der Waals surface area contributed by atoms with E-state index in [1.807, 2.05) is 13.8 Å². The van der Waals surface area contributed by atoms with Crippen molar-refractivity contribution in [2.45, 2.75) is 44.0 Å². The van der Waals surface area contributed by atoms with Crippen molar-refractivity contribution < 1.29 is 12.9 Å². The Morgan fingerprint density at radius 2 is 2.04 bits per heavy atom. The predicted octanol–water partition coefficient (Wildman–Crippen LogP) is 3.83. The molecule has 124 valence electrons. The highest BCUT2D eigenvalue weighted by molar-refractivity contribution is 9.10. The van der Waals surface area contributed by atoms with Crippen molar-refractivity contribution in [3.05, 3.63) is 45.8 Å². The fourth-order valence-electron chi connectivity index (χ4n) is 3.16. The van der Waals surface area contributed by atoms with E-state index in [0.29, 0.717) is 17.9 Å². The Balaban J connectivity index is 2.01. The molecule has 1 aliphatic heterocycles. The van der Waals surface area contributed by atoms with Crippen molar-refractivity contribution >= 4 is 26.0 Å². The number of benzene rings is 1. The van der Waals surface area contributed by atoms with Gasteiger partial charge in [-0.15, -0.1) is 0 Å². The molecule has 1 aromatic carbocycles. The van der Waals surface area contributed by atoms with Crippen LogP contribution in [0.25, 0.3) is 0 Å². The summed E-state index contributed by atoms with van der Waals surface area (Å²) in [5, 5.41) is 4.03. The van der Waals surface area contributed by atoms with Gasteiger partial charge in [0.1, 0.15) is 5.76 Å². The van der Waals surface area contributed by atoms with E-state index in [-0.39, 0.29) is 6.04 Å². The van der Waals surface area contributed by atoms with Crippen molar-refractivity contribution in [2.75, 3.05) is 6.54 Å². The van der Waals surface area contributed by atoms with E-state index in [1.54, 1.807) is 28.6 Å². The number of hydrogen-bond donors (Lipinski definition) is 0. The molecule has 0 amide bonds. The molecule has 1 saturated heterocycles. The summed E-state index contributed by atoms with van der Waals surface area (Å²) in [7, 11) is -3.53. The maximum absolute atomic E-state index is 13.0. The molecule has 1 aliphatic rings. The average Bonchev–Trinajstić information content (AvgIpc) is 3.13. The Kier molecular flexibility index (Phi) is 4.62. The van der Waals surface area contributed by atoms with Gasteiger partial charge >= 0.3 is 0 Å². The molecule has 7 heteroatoms. The lowest BCUT2D eigenvalue weighted by atomic mass is 10.0. The summed E-state index contributed by atoms with van der Waals surface area (Å²) in [6.07, 6.45) is 2.35. The molecule has 1 aromatic heterocycles. The van der Waals surface area contributed by atoms with Crippen LogP contribution in [-0.2, 0) is 16.4 Å². The third-order valence-electron chi connectivity index (χ3n) is 4.26. The third-order valence-corrected chi connectivity index (χ3v) is 6.71. The molecular formula is C16H19BrN2O3S. The van der Waals surface area contributed by atoms with Crippen LogP contribution in [0.15, 0.2) is 38.2 Å². The molecule has 0 radical (unpaired) electrons. The van der Waals surface area contributed by atoms with Crippen LogP contribution in [0.5, 0.6) is 0 Å². The first-order valence-electron chi connectivity index (χ1n) is 7.67. The van der Waals surface area contributed by atoms with Gasteiger partial charge in [-0.05, 0) is 44.0 Å². The highest BCUT2D eigenvalue weighted by Gasteiger charge is 2.39. The minimum absolute atomic E-state index is 0.190. The Morgan fingerprint density at radius 1 is 1.35 bits per heavy atom. The van der Waals surface area contributed by atoms with Crippen molar-refractivity contribution in [3.8, 4) is 0 Å². The second-order valence-electron chi connectivity index (χ2n) is 5.69. The van der Waals surface area contributed by atoms with Gasteiger partial charge in [-0.25, -0.2) is 8.42 Å². The van der Waals surface area contributed by atoms with Gasteiger partial charge in [-0.1, -0.05) is 28.0 Å². The number of sulfonamides is 1. The summed E-state index contributed by atoms with van der Waals surface area (Å²) < 4.78 is 33.9. The summed E-state index contributed by atoms with van der Waals surface area (Å²) in [6, 6.07) is 6.58. The largest absolute Gasteiger partial charge is 0.361 e. The van der Waals surface area contributed by atoms with Crippen LogP contribution < -0.4 is 0 Å². The number of halogens is 1. The summed E-state index contributed by atoms with van der Waals surface area (Å²) >= 11 is 3.34. The topological polar surface area (TPSA) is 63.4 Å². The molecule has 0 saturated carbocycles. The van der Waals surface area contributed by atoms with E-state index in [1.165, 1.54) is 0 Å². The molecule has 0 N–H and O–H groups in total. The third kappa shape index (κ3) is 2.97. The first-order valence-corrected chi connectivity index (χ1v) is 9.91. The minimum Gasteiger partial charge on any atom is -0.361 e. The second kappa shape index (κ2) is 6.37. The molecule has 0 bridgehead atoms. The highest BCUT2D eigenvalue weighted by Crippen LogP contribution is 2.39. The molecule has 1 atom stereocenters. The normalized spacial score (nSPS) is 19.3. The maximum atomic E-state index is 13.0. The number of nitrogens with zero attached hydrogens (tertiary/aromatic N) is 2. The van der Waals surface area contributed by atoms with Gasteiger partial charge in [0, 0.05) is 23.0 Å². The zero-order valence-corrected chi connectivity index (χ0v) is 15.5. The van der Waals surface area contributed by atoms with Crippen LogP contribution in [-0.4, -0.2) is 24.4 Å². The predicted molar refractivity (Wildman–Crippen MR) is 90.6 cm³/mol. The van der Waals surface area contributed by atoms with E-state index < -0.39 is 10.0 Å². The van der Waals surface area contributed by atoms with Gasteiger partial charge < -0.3 is 4.52 Å². The van der Waals surface area contributed by atoms with Crippen molar-refractivity contribution in [1.29, 1.82) is 0 Å². The highest BCUT2D eigenvalue weighted by atomic mass is 79.9. The van der Waals surface area contributed by atoms with E-state index in [2.05, 4.69) is 21.1 Å². The molecule has 23 heavy (non-hydrogen) atoms. The fraction of sp³-hybridized carbons (Fsp3) is 0.438. The molecule has 5 nitrogen and oxygen atoms in total. The molecule has 0 unspecified atom stereocenters. The zero-order valence-electron chi connectivity index (χ0n) is 13.1. The quantitative estimate of drug-likeness (QED) is 0.784. The first-order chi connectivity index (χ1) is 10.9. The van der Waals surface area contributed by atoms with E-state index in [9.17, 15) is 8.42 Å². The molecule has 2 heterocycles. The van der Waals surface area contributed by atoms with E-state index in [0.717, 1.165) is 34.3 Å². The van der Waals surface area contributed by atoms with Crippen molar-refractivity contribution in [3.63, 3.8) is 0 Å².